The van der Waals surface area contributed by atoms with E-state index in [4.69, 9.17) is 0 Å². The van der Waals surface area contributed by atoms with Crippen LogP contribution < -0.4 is 5.32 Å². The fourth-order valence-corrected chi connectivity index (χ4v) is 2.59. The summed E-state index contributed by atoms with van der Waals surface area (Å²) in [5.41, 5.74) is 0. The standard InChI is InChI=1S/C11H20N2/c1-2-3-7-13-8-10-5-4-6-12-11(10)9-13/h2,10-12H,1,3-9H2. The van der Waals surface area contributed by atoms with Crippen LogP contribution in [0.1, 0.15) is 19.3 Å². The van der Waals surface area contributed by atoms with Crippen molar-refractivity contribution in [3.63, 3.8) is 0 Å². The summed E-state index contributed by atoms with van der Waals surface area (Å²) < 4.78 is 0. The average molecular weight is 180 g/mol. The van der Waals surface area contributed by atoms with E-state index in [1.54, 1.807) is 0 Å². The summed E-state index contributed by atoms with van der Waals surface area (Å²) in [6.07, 6.45) is 5.97. The van der Waals surface area contributed by atoms with Gasteiger partial charge in [-0.2, -0.15) is 0 Å². The normalized spacial score (nSPS) is 34.5. The molecule has 0 aromatic carbocycles. The maximum absolute atomic E-state index is 3.77. The third-order valence-electron chi connectivity index (χ3n) is 3.32. The summed E-state index contributed by atoms with van der Waals surface area (Å²) in [6.45, 7) is 8.78. The first-order valence-corrected chi connectivity index (χ1v) is 5.47. The third kappa shape index (κ3) is 2.12. The van der Waals surface area contributed by atoms with Crippen LogP contribution >= 0.6 is 0 Å². The van der Waals surface area contributed by atoms with Gasteiger partial charge in [-0.1, -0.05) is 6.08 Å². The number of nitrogens with zero attached hydrogens (tertiary/aromatic N) is 1. The Morgan fingerprint density at radius 3 is 3.15 bits per heavy atom. The van der Waals surface area contributed by atoms with Crippen LogP contribution in [0.2, 0.25) is 0 Å². The Morgan fingerprint density at radius 2 is 2.38 bits per heavy atom. The van der Waals surface area contributed by atoms with Crippen molar-refractivity contribution in [1.82, 2.24) is 10.2 Å². The molecule has 0 bridgehead atoms. The lowest BCUT2D eigenvalue weighted by atomic mass is 9.94. The van der Waals surface area contributed by atoms with Crippen LogP contribution in [0.3, 0.4) is 0 Å². The highest BCUT2D eigenvalue weighted by Crippen LogP contribution is 2.24. The van der Waals surface area contributed by atoms with Gasteiger partial charge in [0, 0.05) is 25.7 Å². The lowest BCUT2D eigenvalue weighted by Gasteiger charge is -2.24. The number of fused-ring (bicyclic) bond motifs is 1. The van der Waals surface area contributed by atoms with Gasteiger partial charge < -0.3 is 10.2 Å². The third-order valence-corrected chi connectivity index (χ3v) is 3.32. The number of hydrogen-bond donors (Lipinski definition) is 1. The first-order valence-electron chi connectivity index (χ1n) is 5.47. The molecule has 13 heavy (non-hydrogen) atoms. The Labute approximate surface area is 81.0 Å². The molecule has 0 amide bonds. The smallest absolute Gasteiger partial charge is 0.0235 e. The molecule has 2 rings (SSSR count). The van der Waals surface area contributed by atoms with Crippen molar-refractivity contribution in [3.05, 3.63) is 12.7 Å². The van der Waals surface area contributed by atoms with Crippen molar-refractivity contribution >= 4 is 0 Å². The van der Waals surface area contributed by atoms with E-state index in [9.17, 15) is 0 Å². The van der Waals surface area contributed by atoms with Crippen LogP contribution in [0.5, 0.6) is 0 Å². The molecule has 2 aliphatic rings. The Bertz CT molecular complexity index is 165. The highest BCUT2D eigenvalue weighted by atomic mass is 15.2. The van der Waals surface area contributed by atoms with Gasteiger partial charge in [0.1, 0.15) is 0 Å². The van der Waals surface area contributed by atoms with Crippen molar-refractivity contribution in [1.29, 1.82) is 0 Å². The number of piperidine rings is 1. The second kappa shape index (κ2) is 4.25. The molecular formula is C11H20N2. The largest absolute Gasteiger partial charge is 0.312 e. The van der Waals surface area contributed by atoms with E-state index in [1.807, 2.05) is 6.08 Å². The molecule has 0 aromatic heterocycles. The zero-order valence-corrected chi connectivity index (χ0v) is 8.34. The monoisotopic (exact) mass is 180 g/mol. The predicted octanol–water partition coefficient (Wildman–Crippen LogP) is 1.25. The van der Waals surface area contributed by atoms with Gasteiger partial charge in [-0.3, -0.25) is 0 Å². The minimum atomic E-state index is 0.790. The molecule has 2 heteroatoms. The average Bonchev–Trinajstić information content (AvgIpc) is 2.57. The maximum Gasteiger partial charge on any atom is 0.0235 e. The summed E-state index contributed by atoms with van der Waals surface area (Å²) in [5.74, 6) is 0.929. The first-order chi connectivity index (χ1) is 6.40. The number of rotatable bonds is 3. The Balaban J connectivity index is 1.80. The Morgan fingerprint density at radius 1 is 1.46 bits per heavy atom. The molecule has 0 spiro atoms. The maximum atomic E-state index is 3.77. The fraction of sp³-hybridized carbons (Fsp3) is 0.818. The summed E-state index contributed by atoms with van der Waals surface area (Å²) in [4.78, 5) is 2.58. The highest BCUT2D eigenvalue weighted by molar-refractivity contribution is 4.92. The van der Waals surface area contributed by atoms with Gasteiger partial charge in [-0.15, -0.1) is 6.58 Å². The molecule has 0 aliphatic carbocycles. The SMILES string of the molecule is C=CCCN1CC2CCCNC2C1. The highest BCUT2D eigenvalue weighted by Gasteiger charge is 2.33. The van der Waals surface area contributed by atoms with Crippen LogP contribution in [-0.2, 0) is 0 Å². The quantitative estimate of drug-likeness (QED) is 0.658. The van der Waals surface area contributed by atoms with E-state index in [-0.39, 0.29) is 0 Å². The lowest BCUT2D eigenvalue weighted by molar-refractivity contribution is 0.324. The number of nitrogens with one attached hydrogen (secondary N) is 1. The Kier molecular flexibility index (Phi) is 3.01. The van der Waals surface area contributed by atoms with Crippen molar-refractivity contribution in [2.45, 2.75) is 25.3 Å². The summed E-state index contributed by atoms with van der Waals surface area (Å²) in [6, 6.07) is 0.790. The van der Waals surface area contributed by atoms with E-state index in [0.29, 0.717) is 0 Å². The second-order valence-electron chi connectivity index (χ2n) is 4.30. The topological polar surface area (TPSA) is 15.3 Å². The molecule has 2 aliphatic heterocycles. The molecule has 74 valence electrons. The molecule has 0 aromatic rings. The van der Waals surface area contributed by atoms with Crippen molar-refractivity contribution in [2.75, 3.05) is 26.2 Å². The van der Waals surface area contributed by atoms with Gasteiger partial charge in [0.25, 0.3) is 0 Å². The Hall–Kier alpha value is -0.340. The van der Waals surface area contributed by atoms with Gasteiger partial charge in [-0.25, -0.2) is 0 Å². The molecule has 2 unspecified atom stereocenters. The lowest BCUT2D eigenvalue weighted by Crippen LogP contribution is -2.40. The summed E-state index contributed by atoms with van der Waals surface area (Å²) in [5, 5.41) is 3.62. The van der Waals surface area contributed by atoms with Gasteiger partial charge in [-0.05, 0) is 31.7 Å². The molecule has 2 saturated heterocycles. The molecule has 2 nitrogen and oxygen atoms in total. The van der Waals surface area contributed by atoms with Crippen LogP contribution in [-0.4, -0.2) is 37.1 Å². The second-order valence-corrected chi connectivity index (χ2v) is 4.30. The summed E-state index contributed by atoms with van der Waals surface area (Å²) >= 11 is 0. The molecule has 2 atom stereocenters. The van der Waals surface area contributed by atoms with Gasteiger partial charge >= 0.3 is 0 Å². The van der Waals surface area contributed by atoms with E-state index in [1.165, 1.54) is 39.0 Å². The minimum Gasteiger partial charge on any atom is -0.312 e. The number of likely N-dealkylation sites (tertiary alicyclic amines) is 1. The van der Waals surface area contributed by atoms with Crippen molar-refractivity contribution in [3.8, 4) is 0 Å². The van der Waals surface area contributed by atoms with E-state index < -0.39 is 0 Å². The van der Waals surface area contributed by atoms with Crippen molar-refractivity contribution < 1.29 is 0 Å². The van der Waals surface area contributed by atoms with Gasteiger partial charge in [0.2, 0.25) is 0 Å². The van der Waals surface area contributed by atoms with Crippen molar-refractivity contribution in [2.24, 2.45) is 5.92 Å². The van der Waals surface area contributed by atoms with E-state index >= 15 is 0 Å². The van der Waals surface area contributed by atoms with Gasteiger partial charge in [0.05, 0.1) is 0 Å². The zero-order valence-electron chi connectivity index (χ0n) is 8.34. The first kappa shape index (κ1) is 9.22. The minimum absolute atomic E-state index is 0.790. The molecular weight excluding hydrogens is 160 g/mol. The molecule has 0 saturated carbocycles. The van der Waals surface area contributed by atoms with Crippen LogP contribution in [0.15, 0.2) is 12.7 Å². The predicted molar refractivity (Wildman–Crippen MR) is 55.8 cm³/mol. The molecule has 1 N–H and O–H groups in total. The van der Waals surface area contributed by atoms with Gasteiger partial charge in [0.15, 0.2) is 0 Å². The van der Waals surface area contributed by atoms with Crippen LogP contribution in [0.25, 0.3) is 0 Å². The molecule has 0 radical (unpaired) electrons. The van der Waals surface area contributed by atoms with Crippen LogP contribution in [0.4, 0.5) is 0 Å². The molecule has 2 heterocycles. The summed E-state index contributed by atoms with van der Waals surface area (Å²) in [7, 11) is 0. The molecule has 2 fully saturated rings. The fourth-order valence-electron chi connectivity index (χ4n) is 2.59. The number of hydrogen-bond acceptors (Lipinski definition) is 2. The van der Waals surface area contributed by atoms with E-state index in [2.05, 4.69) is 16.8 Å². The zero-order chi connectivity index (χ0) is 9.10. The van der Waals surface area contributed by atoms with Crippen LogP contribution in [0, 0.1) is 5.92 Å². The van der Waals surface area contributed by atoms with E-state index in [0.717, 1.165) is 18.4 Å².